The van der Waals surface area contributed by atoms with E-state index in [1.807, 2.05) is 18.5 Å². The van der Waals surface area contributed by atoms with Crippen molar-refractivity contribution in [3.8, 4) is 0 Å². The zero-order valence-corrected chi connectivity index (χ0v) is 11.0. The van der Waals surface area contributed by atoms with Crippen molar-refractivity contribution in [2.45, 2.75) is 53.0 Å². The fourth-order valence-corrected chi connectivity index (χ4v) is 1.90. The molecular weight excluding hydrogens is 200 g/mol. The Kier molecular flexibility index (Phi) is 5.46. The lowest BCUT2D eigenvalue weighted by Gasteiger charge is -2.13. The van der Waals surface area contributed by atoms with E-state index in [1.54, 1.807) is 0 Å². The number of nitrogens with zero attached hydrogens (tertiary/aromatic N) is 3. The third kappa shape index (κ3) is 3.93. The lowest BCUT2D eigenvalue weighted by Crippen LogP contribution is -2.17. The van der Waals surface area contributed by atoms with E-state index in [2.05, 4.69) is 29.2 Å². The van der Waals surface area contributed by atoms with Gasteiger partial charge < -0.3 is 5.32 Å². The minimum absolute atomic E-state index is 0.449. The van der Waals surface area contributed by atoms with Gasteiger partial charge in [-0.3, -0.25) is 0 Å². The fraction of sp³-hybridized carbons (Fsp3) is 0.833. The maximum Gasteiger partial charge on any atom is 0.147 e. The van der Waals surface area contributed by atoms with Crippen molar-refractivity contribution in [1.29, 1.82) is 0 Å². The lowest BCUT2D eigenvalue weighted by atomic mass is 10.2. The van der Waals surface area contributed by atoms with Crippen LogP contribution in [0.4, 0.5) is 0 Å². The first-order valence-corrected chi connectivity index (χ1v) is 6.25. The largest absolute Gasteiger partial charge is 0.317 e. The van der Waals surface area contributed by atoms with Crippen molar-refractivity contribution in [2.24, 2.45) is 0 Å². The Labute approximate surface area is 98.5 Å². The number of hydrogen-bond acceptors (Lipinski definition) is 3. The highest BCUT2D eigenvalue weighted by Crippen LogP contribution is 2.13. The summed E-state index contributed by atoms with van der Waals surface area (Å²) in [4.78, 5) is 4.33. The Hall–Kier alpha value is -0.900. The second-order valence-corrected chi connectivity index (χ2v) is 4.39. The molecule has 0 amide bonds. The summed E-state index contributed by atoms with van der Waals surface area (Å²) < 4.78 is 2.04. The lowest BCUT2D eigenvalue weighted by molar-refractivity contribution is 0.428. The minimum Gasteiger partial charge on any atom is -0.317 e. The molecule has 0 fully saturated rings. The smallest absolute Gasteiger partial charge is 0.147 e. The van der Waals surface area contributed by atoms with Crippen LogP contribution >= 0.6 is 0 Å². The van der Waals surface area contributed by atoms with Gasteiger partial charge in [-0.2, -0.15) is 5.10 Å². The molecule has 4 heteroatoms. The van der Waals surface area contributed by atoms with Gasteiger partial charge in [0.15, 0.2) is 0 Å². The van der Waals surface area contributed by atoms with E-state index in [0.717, 1.165) is 31.2 Å². The van der Waals surface area contributed by atoms with Gasteiger partial charge in [-0.05, 0) is 53.1 Å². The summed E-state index contributed by atoms with van der Waals surface area (Å²) in [5, 5.41) is 7.83. The van der Waals surface area contributed by atoms with E-state index >= 15 is 0 Å². The van der Waals surface area contributed by atoms with Gasteiger partial charge in [-0.15, -0.1) is 0 Å². The Balaban J connectivity index is 2.29. The highest BCUT2D eigenvalue weighted by atomic mass is 15.4. The zero-order chi connectivity index (χ0) is 12.0. The van der Waals surface area contributed by atoms with E-state index in [1.165, 1.54) is 12.8 Å². The second-order valence-electron chi connectivity index (χ2n) is 4.39. The maximum atomic E-state index is 4.41. The Morgan fingerprint density at radius 1 is 1.31 bits per heavy atom. The van der Waals surface area contributed by atoms with Gasteiger partial charge in [0.05, 0.1) is 6.04 Å². The molecule has 16 heavy (non-hydrogen) atoms. The molecule has 1 unspecified atom stereocenters. The van der Waals surface area contributed by atoms with Crippen LogP contribution in [0, 0.1) is 13.8 Å². The molecule has 0 aromatic carbocycles. The number of rotatable bonds is 7. The fourth-order valence-electron chi connectivity index (χ4n) is 1.90. The zero-order valence-electron chi connectivity index (χ0n) is 11.0. The first-order chi connectivity index (χ1) is 7.65. The van der Waals surface area contributed by atoms with Gasteiger partial charge in [-0.25, -0.2) is 9.67 Å². The predicted octanol–water partition coefficient (Wildman–Crippen LogP) is 2.24. The first kappa shape index (κ1) is 13.2. The maximum absolute atomic E-state index is 4.41. The van der Waals surface area contributed by atoms with Crippen molar-refractivity contribution in [3.05, 3.63) is 11.6 Å². The average molecular weight is 224 g/mol. The number of hydrogen-bond donors (Lipinski definition) is 1. The molecule has 0 aliphatic rings. The first-order valence-electron chi connectivity index (χ1n) is 6.25. The van der Waals surface area contributed by atoms with E-state index in [-0.39, 0.29) is 0 Å². The summed E-state index contributed by atoms with van der Waals surface area (Å²) >= 11 is 0. The molecule has 4 nitrogen and oxygen atoms in total. The molecule has 1 heterocycles. The van der Waals surface area contributed by atoms with Gasteiger partial charge in [-0.1, -0.05) is 6.92 Å². The molecule has 1 aromatic rings. The molecule has 1 N–H and O–H groups in total. The normalized spacial score (nSPS) is 13.0. The number of nitrogens with one attached hydrogen (secondary N) is 1. The predicted molar refractivity (Wildman–Crippen MR) is 66.6 cm³/mol. The summed E-state index contributed by atoms with van der Waals surface area (Å²) in [6.45, 7) is 10.6. The third-order valence-electron chi connectivity index (χ3n) is 2.73. The molecule has 1 rings (SSSR count). The number of aryl methyl sites for hydroxylation is 2. The van der Waals surface area contributed by atoms with Crippen LogP contribution in [0.2, 0.25) is 0 Å². The SMILES string of the molecule is CCCNCCCC(C)n1nc(C)nc1C. The van der Waals surface area contributed by atoms with Gasteiger partial charge in [0.2, 0.25) is 0 Å². The van der Waals surface area contributed by atoms with Crippen LogP contribution in [0.3, 0.4) is 0 Å². The second kappa shape index (κ2) is 6.63. The van der Waals surface area contributed by atoms with E-state index < -0.39 is 0 Å². The molecule has 0 spiro atoms. The molecule has 0 saturated carbocycles. The summed E-state index contributed by atoms with van der Waals surface area (Å²) in [5.74, 6) is 1.89. The molecule has 0 saturated heterocycles. The number of aromatic nitrogens is 3. The quantitative estimate of drug-likeness (QED) is 0.722. The molecule has 0 aliphatic carbocycles. The van der Waals surface area contributed by atoms with Gasteiger partial charge in [0.25, 0.3) is 0 Å². The van der Waals surface area contributed by atoms with E-state index in [4.69, 9.17) is 0 Å². The van der Waals surface area contributed by atoms with Crippen molar-refractivity contribution in [1.82, 2.24) is 20.1 Å². The Morgan fingerprint density at radius 3 is 2.62 bits per heavy atom. The minimum atomic E-state index is 0.449. The third-order valence-corrected chi connectivity index (χ3v) is 2.73. The molecule has 0 bridgehead atoms. The van der Waals surface area contributed by atoms with Crippen LogP contribution in [0.1, 0.15) is 50.8 Å². The molecule has 0 radical (unpaired) electrons. The van der Waals surface area contributed by atoms with Crippen molar-refractivity contribution in [2.75, 3.05) is 13.1 Å². The Bertz CT molecular complexity index is 306. The van der Waals surface area contributed by atoms with Crippen LogP contribution in [-0.2, 0) is 0 Å². The summed E-state index contributed by atoms with van der Waals surface area (Å²) in [6.07, 6.45) is 3.55. The van der Waals surface area contributed by atoms with Crippen LogP contribution in [0.5, 0.6) is 0 Å². The Morgan fingerprint density at radius 2 is 2.06 bits per heavy atom. The van der Waals surface area contributed by atoms with Crippen molar-refractivity contribution in [3.63, 3.8) is 0 Å². The van der Waals surface area contributed by atoms with Crippen LogP contribution in [0.15, 0.2) is 0 Å². The monoisotopic (exact) mass is 224 g/mol. The van der Waals surface area contributed by atoms with Crippen LogP contribution < -0.4 is 5.32 Å². The summed E-state index contributed by atoms with van der Waals surface area (Å²) in [5.41, 5.74) is 0. The molecule has 0 aliphatic heterocycles. The highest BCUT2D eigenvalue weighted by molar-refractivity contribution is 4.89. The van der Waals surface area contributed by atoms with Crippen molar-refractivity contribution < 1.29 is 0 Å². The molecule has 92 valence electrons. The summed E-state index contributed by atoms with van der Waals surface area (Å²) in [7, 11) is 0. The average Bonchev–Trinajstić information content (AvgIpc) is 2.57. The van der Waals surface area contributed by atoms with Crippen LogP contribution in [-0.4, -0.2) is 27.9 Å². The highest BCUT2D eigenvalue weighted by Gasteiger charge is 2.09. The topological polar surface area (TPSA) is 42.7 Å². The van der Waals surface area contributed by atoms with Gasteiger partial charge in [0.1, 0.15) is 11.6 Å². The standard InChI is InChI=1S/C12H24N4/c1-5-8-13-9-6-7-10(2)16-12(4)14-11(3)15-16/h10,13H,5-9H2,1-4H3. The molecule has 1 atom stereocenters. The van der Waals surface area contributed by atoms with Gasteiger partial charge >= 0.3 is 0 Å². The molecule has 1 aromatic heterocycles. The van der Waals surface area contributed by atoms with E-state index in [9.17, 15) is 0 Å². The van der Waals surface area contributed by atoms with E-state index in [0.29, 0.717) is 6.04 Å². The summed E-state index contributed by atoms with van der Waals surface area (Å²) in [6, 6.07) is 0.449. The molecular formula is C12H24N4. The van der Waals surface area contributed by atoms with Crippen molar-refractivity contribution >= 4 is 0 Å². The van der Waals surface area contributed by atoms with Crippen LogP contribution in [0.25, 0.3) is 0 Å². The van der Waals surface area contributed by atoms with Gasteiger partial charge in [0, 0.05) is 0 Å².